The molecule has 0 spiro atoms. The topological polar surface area (TPSA) is 61.8 Å². The SMILES string of the molecule is CNC1CCN(CC2(O)CCOC2C)C1=O. The molecule has 5 heteroatoms. The van der Waals surface area contributed by atoms with E-state index in [2.05, 4.69) is 5.32 Å². The predicted molar refractivity (Wildman–Crippen MR) is 59.0 cm³/mol. The number of aliphatic hydroxyl groups is 1. The van der Waals surface area contributed by atoms with Crippen LogP contribution in [-0.2, 0) is 9.53 Å². The lowest BCUT2D eigenvalue weighted by Crippen LogP contribution is -2.49. The maximum absolute atomic E-state index is 11.9. The molecule has 0 aromatic rings. The van der Waals surface area contributed by atoms with Crippen molar-refractivity contribution in [2.45, 2.75) is 37.5 Å². The van der Waals surface area contributed by atoms with Crippen molar-refractivity contribution in [3.05, 3.63) is 0 Å². The minimum absolute atomic E-state index is 0.0822. The molecule has 2 aliphatic heterocycles. The Morgan fingerprint density at radius 1 is 1.69 bits per heavy atom. The number of hydrogen-bond donors (Lipinski definition) is 2. The fraction of sp³-hybridized carbons (Fsp3) is 0.909. The van der Waals surface area contributed by atoms with Crippen LogP contribution in [0.1, 0.15) is 19.8 Å². The van der Waals surface area contributed by atoms with E-state index in [1.54, 1.807) is 11.9 Å². The smallest absolute Gasteiger partial charge is 0.239 e. The van der Waals surface area contributed by atoms with Crippen molar-refractivity contribution >= 4 is 5.91 Å². The van der Waals surface area contributed by atoms with Crippen molar-refractivity contribution in [1.82, 2.24) is 10.2 Å². The standard InChI is InChI=1S/C11H20N2O3/c1-8-11(15,4-6-16-8)7-13-5-3-9(12-2)10(13)14/h8-9,12,15H,3-7H2,1-2H3. The largest absolute Gasteiger partial charge is 0.385 e. The first-order chi connectivity index (χ1) is 7.57. The van der Waals surface area contributed by atoms with Crippen LogP contribution in [0.5, 0.6) is 0 Å². The summed E-state index contributed by atoms with van der Waals surface area (Å²) in [4.78, 5) is 13.6. The summed E-state index contributed by atoms with van der Waals surface area (Å²) in [7, 11) is 1.79. The molecule has 0 aromatic heterocycles. The number of carbonyl (C=O) groups is 1. The van der Waals surface area contributed by atoms with E-state index in [1.165, 1.54) is 0 Å². The summed E-state index contributed by atoms with van der Waals surface area (Å²) in [5.41, 5.74) is -0.863. The maximum atomic E-state index is 11.9. The van der Waals surface area contributed by atoms with E-state index in [0.29, 0.717) is 19.6 Å². The molecule has 3 unspecified atom stereocenters. The fourth-order valence-corrected chi connectivity index (χ4v) is 2.47. The zero-order valence-electron chi connectivity index (χ0n) is 9.90. The number of β-amino-alcohol motifs (C(OH)–C–C–N with tert-alkyl or cyclic N) is 1. The van der Waals surface area contributed by atoms with E-state index in [0.717, 1.165) is 13.0 Å². The van der Waals surface area contributed by atoms with Crippen molar-refractivity contribution < 1.29 is 14.6 Å². The third-order valence-electron chi connectivity index (χ3n) is 3.77. The highest BCUT2D eigenvalue weighted by Crippen LogP contribution is 2.28. The van der Waals surface area contributed by atoms with E-state index in [-0.39, 0.29) is 18.1 Å². The van der Waals surface area contributed by atoms with Crippen molar-refractivity contribution in [3.8, 4) is 0 Å². The zero-order chi connectivity index (χ0) is 11.8. The van der Waals surface area contributed by atoms with Gasteiger partial charge in [-0.1, -0.05) is 0 Å². The summed E-state index contributed by atoms with van der Waals surface area (Å²) in [5.74, 6) is 0.0926. The summed E-state index contributed by atoms with van der Waals surface area (Å²) < 4.78 is 5.36. The fourth-order valence-electron chi connectivity index (χ4n) is 2.47. The Bertz CT molecular complexity index is 284. The summed E-state index contributed by atoms with van der Waals surface area (Å²) in [6, 6.07) is -0.0822. The number of nitrogens with one attached hydrogen (secondary N) is 1. The molecule has 0 aromatic carbocycles. The molecule has 2 saturated heterocycles. The van der Waals surface area contributed by atoms with Gasteiger partial charge in [0.25, 0.3) is 0 Å². The second-order valence-corrected chi connectivity index (χ2v) is 4.76. The van der Waals surface area contributed by atoms with Crippen molar-refractivity contribution in [2.24, 2.45) is 0 Å². The van der Waals surface area contributed by atoms with Gasteiger partial charge in [0.15, 0.2) is 0 Å². The number of rotatable bonds is 3. The summed E-state index contributed by atoms with van der Waals surface area (Å²) >= 11 is 0. The molecule has 3 atom stereocenters. The summed E-state index contributed by atoms with van der Waals surface area (Å²) in [6.45, 7) is 3.56. The van der Waals surface area contributed by atoms with E-state index in [4.69, 9.17) is 4.74 Å². The molecule has 92 valence electrons. The number of carbonyl (C=O) groups excluding carboxylic acids is 1. The Morgan fingerprint density at radius 2 is 2.44 bits per heavy atom. The van der Waals surface area contributed by atoms with E-state index >= 15 is 0 Å². The van der Waals surface area contributed by atoms with Gasteiger partial charge in [0.2, 0.25) is 5.91 Å². The maximum Gasteiger partial charge on any atom is 0.239 e. The summed E-state index contributed by atoms with van der Waals surface area (Å²) in [5, 5.41) is 13.3. The Balaban J connectivity index is 1.98. The number of ether oxygens (including phenoxy) is 1. The molecule has 0 saturated carbocycles. The van der Waals surface area contributed by atoms with Gasteiger partial charge in [-0.2, -0.15) is 0 Å². The van der Waals surface area contributed by atoms with Gasteiger partial charge in [0, 0.05) is 19.6 Å². The first kappa shape index (κ1) is 11.8. The zero-order valence-corrected chi connectivity index (χ0v) is 9.90. The Labute approximate surface area is 95.8 Å². The predicted octanol–water partition coefficient (Wildman–Crippen LogP) is -0.653. The molecule has 2 rings (SSSR count). The first-order valence-electron chi connectivity index (χ1n) is 5.87. The van der Waals surface area contributed by atoms with Crippen LogP contribution in [0.3, 0.4) is 0 Å². The van der Waals surface area contributed by atoms with E-state index in [1.807, 2.05) is 6.92 Å². The van der Waals surface area contributed by atoms with Gasteiger partial charge in [-0.3, -0.25) is 4.79 Å². The molecule has 5 nitrogen and oxygen atoms in total. The van der Waals surface area contributed by atoms with Crippen molar-refractivity contribution in [3.63, 3.8) is 0 Å². The normalized spacial score (nSPS) is 39.7. The van der Waals surface area contributed by atoms with Gasteiger partial charge in [0.1, 0.15) is 5.60 Å². The highest BCUT2D eigenvalue weighted by Gasteiger charge is 2.43. The molecular weight excluding hydrogens is 208 g/mol. The van der Waals surface area contributed by atoms with Crippen LogP contribution >= 0.6 is 0 Å². The van der Waals surface area contributed by atoms with Gasteiger partial charge in [0.05, 0.1) is 18.7 Å². The average Bonchev–Trinajstić information content (AvgIpc) is 2.75. The van der Waals surface area contributed by atoms with Gasteiger partial charge < -0.3 is 20.1 Å². The number of hydrogen-bond acceptors (Lipinski definition) is 4. The van der Waals surface area contributed by atoms with Crippen LogP contribution in [0.15, 0.2) is 0 Å². The second-order valence-electron chi connectivity index (χ2n) is 4.76. The monoisotopic (exact) mass is 228 g/mol. The summed E-state index contributed by atoms with van der Waals surface area (Å²) in [6.07, 6.45) is 1.25. The number of nitrogens with zero attached hydrogens (tertiary/aromatic N) is 1. The molecule has 1 amide bonds. The minimum Gasteiger partial charge on any atom is -0.385 e. The van der Waals surface area contributed by atoms with Crippen LogP contribution < -0.4 is 5.32 Å². The van der Waals surface area contributed by atoms with Crippen LogP contribution in [0.25, 0.3) is 0 Å². The molecule has 2 N–H and O–H groups in total. The van der Waals surface area contributed by atoms with Crippen LogP contribution in [0.2, 0.25) is 0 Å². The molecule has 2 aliphatic rings. The van der Waals surface area contributed by atoms with E-state index in [9.17, 15) is 9.90 Å². The Kier molecular flexibility index (Phi) is 3.19. The molecule has 16 heavy (non-hydrogen) atoms. The van der Waals surface area contributed by atoms with Gasteiger partial charge in [-0.25, -0.2) is 0 Å². The first-order valence-corrected chi connectivity index (χ1v) is 5.87. The number of likely N-dealkylation sites (tertiary alicyclic amines) is 1. The lowest BCUT2D eigenvalue weighted by molar-refractivity contribution is -0.133. The van der Waals surface area contributed by atoms with E-state index < -0.39 is 5.60 Å². The Morgan fingerprint density at radius 3 is 2.94 bits per heavy atom. The third-order valence-corrected chi connectivity index (χ3v) is 3.77. The molecule has 2 fully saturated rings. The quantitative estimate of drug-likeness (QED) is 0.673. The lowest BCUT2D eigenvalue weighted by Gasteiger charge is -2.31. The van der Waals surface area contributed by atoms with Crippen molar-refractivity contribution in [2.75, 3.05) is 26.7 Å². The molecule has 0 bridgehead atoms. The molecule has 0 radical (unpaired) electrons. The van der Waals surface area contributed by atoms with Crippen molar-refractivity contribution in [1.29, 1.82) is 0 Å². The lowest BCUT2D eigenvalue weighted by atomic mass is 9.96. The highest BCUT2D eigenvalue weighted by molar-refractivity contribution is 5.84. The van der Waals surface area contributed by atoms with Crippen LogP contribution in [0, 0.1) is 0 Å². The highest BCUT2D eigenvalue weighted by atomic mass is 16.5. The van der Waals surface area contributed by atoms with Crippen LogP contribution in [-0.4, -0.2) is 60.4 Å². The number of likely N-dealkylation sites (N-methyl/N-ethyl adjacent to an activating group) is 1. The molecule has 0 aliphatic carbocycles. The van der Waals surface area contributed by atoms with Gasteiger partial charge in [-0.05, 0) is 20.4 Å². The Hall–Kier alpha value is -0.650. The number of amides is 1. The minimum atomic E-state index is -0.863. The molecular formula is C11H20N2O3. The van der Waals surface area contributed by atoms with Gasteiger partial charge in [-0.15, -0.1) is 0 Å². The van der Waals surface area contributed by atoms with Crippen LogP contribution in [0.4, 0.5) is 0 Å². The third kappa shape index (κ3) is 1.95. The molecule has 2 heterocycles. The van der Waals surface area contributed by atoms with Gasteiger partial charge >= 0.3 is 0 Å². The second kappa shape index (κ2) is 4.31. The average molecular weight is 228 g/mol.